The molecular formula is C18H22N2O5. The maximum atomic E-state index is 12.1. The molecule has 134 valence electrons. The molecule has 1 heterocycles. The lowest BCUT2D eigenvalue weighted by Crippen LogP contribution is -2.43. The summed E-state index contributed by atoms with van der Waals surface area (Å²) < 4.78 is 5.18. The lowest BCUT2D eigenvalue weighted by Gasteiger charge is -2.27. The molecule has 7 nitrogen and oxygen atoms in total. The Morgan fingerprint density at radius 3 is 2.52 bits per heavy atom. The highest BCUT2D eigenvalue weighted by atomic mass is 16.5. The average Bonchev–Trinajstić information content (AvgIpc) is 2.64. The number of amides is 2. The molecule has 1 saturated heterocycles. The first-order chi connectivity index (χ1) is 12.1. The molecule has 1 aromatic carbocycles. The van der Waals surface area contributed by atoms with E-state index in [1.807, 2.05) is 30.3 Å². The Bertz CT molecular complexity index is 624. The van der Waals surface area contributed by atoms with Crippen LogP contribution in [0.5, 0.6) is 0 Å². The number of ether oxygens (including phenoxy) is 1. The van der Waals surface area contributed by atoms with E-state index in [4.69, 9.17) is 4.74 Å². The molecule has 0 saturated carbocycles. The Labute approximate surface area is 146 Å². The number of hydrogen-bond donors (Lipinski definition) is 2. The van der Waals surface area contributed by atoms with Crippen LogP contribution in [-0.2, 0) is 19.1 Å². The summed E-state index contributed by atoms with van der Waals surface area (Å²) in [5.41, 5.74) is 0.840. The van der Waals surface area contributed by atoms with Gasteiger partial charge < -0.3 is 20.1 Å². The zero-order valence-corrected chi connectivity index (χ0v) is 13.9. The Morgan fingerprint density at radius 2 is 1.88 bits per heavy atom. The van der Waals surface area contributed by atoms with Crippen LogP contribution in [0.4, 0.5) is 0 Å². The SMILES string of the molecule is O=C(C=Cc1ccccc1)NC(CCC(=O)N1CCOCC1)C(=O)O. The summed E-state index contributed by atoms with van der Waals surface area (Å²) >= 11 is 0. The largest absolute Gasteiger partial charge is 0.480 e. The summed E-state index contributed by atoms with van der Waals surface area (Å²) in [6.45, 7) is 2.02. The predicted octanol–water partition coefficient (Wildman–Crippen LogP) is 0.908. The molecule has 1 fully saturated rings. The number of carboxylic acid groups (broad SMARTS) is 1. The summed E-state index contributed by atoms with van der Waals surface area (Å²) in [6.07, 6.45) is 3.01. The van der Waals surface area contributed by atoms with Crippen molar-refractivity contribution in [3.8, 4) is 0 Å². The standard InChI is InChI=1S/C18H22N2O5/c21-16(8-6-14-4-2-1-3-5-14)19-15(18(23)24)7-9-17(22)20-10-12-25-13-11-20/h1-6,8,15H,7,9-13H2,(H,19,21)(H,23,24). The summed E-state index contributed by atoms with van der Waals surface area (Å²) in [6, 6.07) is 8.12. The Hall–Kier alpha value is -2.67. The number of nitrogens with one attached hydrogen (secondary N) is 1. The van der Waals surface area contributed by atoms with E-state index in [1.54, 1.807) is 11.0 Å². The molecule has 2 rings (SSSR count). The van der Waals surface area contributed by atoms with E-state index in [-0.39, 0.29) is 18.7 Å². The second kappa shape index (κ2) is 9.58. The molecule has 1 atom stereocenters. The third-order valence-electron chi connectivity index (χ3n) is 3.85. The fraction of sp³-hybridized carbons (Fsp3) is 0.389. The van der Waals surface area contributed by atoms with Gasteiger partial charge in [-0.2, -0.15) is 0 Å². The fourth-order valence-electron chi connectivity index (χ4n) is 2.45. The summed E-state index contributed by atoms with van der Waals surface area (Å²) in [5.74, 6) is -1.78. The van der Waals surface area contributed by atoms with Gasteiger partial charge in [0.15, 0.2) is 0 Å². The fourth-order valence-corrected chi connectivity index (χ4v) is 2.45. The predicted molar refractivity (Wildman–Crippen MR) is 91.7 cm³/mol. The Kier molecular flexibility index (Phi) is 7.16. The van der Waals surface area contributed by atoms with Crippen LogP contribution in [0.15, 0.2) is 36.4 Å². The molecule has 1 aliphatic heterocycles. The maximum absolute atomic E-state index is 12.1. The van der Waals surface area contributed by atoms with Crippen molar-refractivity contribution in [1.82, 2.24) is 10.2 Å². The normalized spacial score (nSPS) is 15.8. The maximum Gasteiger partial charge on any atom is 0.326 e. The van der Waals surface area contributed by atoms with Gasteiger partial charge in [0, 0.05) is 25.6 Å². The molecule has 2 amide bonds. The topological polar surface area (TPSA) is 95.9 Å². The molecule has 0 bridgehead atoms. The zero-order chi connectivity index (χ0) is 18.1. The third-order valence-corrected chi connectivity index (χ3v) is 3.85. The summed E-state index contributed by atoms with van der Waals surface area (Å²) in [4.78, 5) is 36.9. The van der Waals surface area contributed by atoms with Gasteiger partial charge >= 0.3 is 5.97 Å². The third kappa shape index (κ3) is 6.39. The van der Waals surface area contributed by atoms with E-state index < -0.39 is 17.9 Å². The van der Waals surface area contributed by atoms with Crippen LogP contribution in [0.2, 0.25) is 0 Å². The van der Waals surface area contributed by atoms with Crippen LogP contribution in [0.1, 0.15) is 18.4 Å². The number of carbonyl (C=O) groups is 3. The Balaban J connectivity index is 1.83. The molecule has 1 aliphatic rings. The first-order valence-electron chi connectivity index (χ1n) is 8.18. The van der Waals surface area contributed by atoms with Gasteiger partial charge in [-0.25, -0.2) is 4.79 Å². The number of nitrogens with zero attached hydrogens (tertiary/aromatic N) is 1. The average molecular weight is 346 g/mol. The van der Waals surface area contributed by atoms with Gasteiger partial charge in [0.1, 0.15) is 6.04 Å². The number of benzene rings is 1. The van der Waals surface area contributed by atoms with Crippen LogP contribution in [0.3, 0.4) is 0 Å². The van der Waals surface area contributed by atoms with E-state index in [9.17, 15) is 19.5 Å². The van der Waals surface area contributed by atoms with Gasteiger partial charge in [0.05, 0.1) is 13.2 Å². The van der Waals surface area contributed by atoms with Crippen LogP contribution in [-0.4, -0.2) is 60.1 Å². The highest BCUT2D eigenvalue weighted by Gasteiger charge is 2.23. The first-order valence-corrected chi connectivity index (χ1v) is 8.18. The number of hydrogen-bond acceptors (Lipinski definition) is 4. The first kappa shape index (κ1) is 18.7. The smallest absolute Gasteiger partial charge is 0.326 e. The van der Waals surface area contributed by atoms with Gasteiger partial charge in [-0.3, -0.25) is 9.59 Å². The van der Waals surface area contributed by atoms with Crippen molar-refractivity contribution in [2.45, 2.75) is 18.9 Å². The lowest BCUT2D eigenvalue weighted by molar-refractivity contribution is -0.142. The highest BCUT2D eigenvalue weighted by molar-refractivity contribution is 5.94. The van der Waals surface area contributed by atoms with Crippen LogP contribution >= 0.6 is 0 Å². The number of carbonyl (C=O) groups excluding carboxylic acids is 2. The monoisotopic (exact) mass is 346 g/mol. The van der Waals surface area contributed by atoms with Crippen molar-refractivity contribution in [3.63, 3.8) is 0 Å². The number of rotatable bonds is 7. The van der Waals surface area contributed by atoms with Gasteiger partial charge in [-0.15, -0.1) is 0 Å². The van der Waals surface area contributed by atoms with E-state index in [1.165, 1.54) is 6.08 Å². The van der Waals surface area contributed by atoms with Crippen LogP contribution < -0.4 is 5.32 Å². The zero-order valence-electron chi connectivity index (χ0n) is 13.9. The summed E-state index contributed by atoms with van der Waals surface area (Å²) in [7, 11) is 0. The quantitative estimate of drug-likeness (QED) is 0.716. The van der Waals surface area contributed by atoms with Crippen molar-refractivity contribution >= 4 is 23.9 Å². The van der Waals surface area contributed by atoms with Crippen LogP contribution in [0, 0.1) is 0 Å². The van der Waals surface area contributed by atoms with Gasteiger partial charge in [-0.05, 0) is 18.1 Å². The second-order valence-corrected chi connectivity index (χ2v) is 5.68. The minimum atomic E-state index is -1.16. The minimum Gasteiger partial charge on any atom is -0.480 e. The molecule has 1 aromatic rings. The molecule has 0 aromatic heterocycles. The lowest BCUT2D eigenvalue weighted by atomic mass is 10.1. The number of morpholine rings is 1. The Morgan fingerprint density at radius 1 is 1.20 bits per heavy atom. The van der Waals surface area contributed by atoms with Crippen molar-refractivity contribution in [1.29, 1.82) is 0 Å². The van der Waals surface area contributed by atoms with Gasteiger partial charge in [0.25, 0.3) is 0 Å². The minimum absolute atomic E-state index is 0.0520. The second-order valence-electron chi connectivity index (χ2n) is 5.68. The molecule has 0 radical (unpaired) electrons. The van der Waals surface area contributed by atoms with Crippen molar-refractivity contribution < 1.29 is 24.2 Å². The van der Waals surface area contributed by atoms with E-state index in [0.29, 0.717) is 26.3 Å². The van der Waals surface area contributed by atoms with Crippen molar-refractivity contribution in [2.75, 3.05) is 26.3 Å². The molecule has 2 N–H and O–H groups in total. The molecule has 1 unspecified atom stereocenters. The molecule has 0 spiro atoms. The van der Waals surface area contributed by atoms with Crippen molar-refractivity contribution in [2.24, 2.45) is 0 Å². The molecule has 7 heteroatoms. The molecule has 0 aliphatic carbocycles. The number of carboxylic acids is 1. The van der Waals surface area contributed by atoms with Crippen molar-refractivity contribution in [3.05, 3.63) is 42.0 Å². The van der Waals surface area contributed by atoms with E-state index in [0.717, 1.165) is 5.56 Å². The number of aliphatic carboxylic acids is 1. The highest BCUT2D eigenvalue weighted by Crippen LogP contribution is 2.06. The van der Waals surface area contributed by atoms with E-state index >= 15 is 0 Å². The molecule has 25 heavy (non-hydrogen) atoms. The van der Waals surface area contributed by atoms with Crippen LogP contribution in [0.25, 0.3) is 6.08 Å². The summed E-state index contributed by atoms with van der Waals surface area (Å²) in [5, 5.41) is 11.7. The van der Waals surface area contributed by atoms with E-state index in [2.05, 4.69) is 5.32 Å². The molecular weight excluding hydrogens is 324 g/mol. The van der Waals surface area contributed by atoms with Gasteiger partial charge in [0.2, 0.25) is 11.8 Å². The van der Waals surface area contributed by atoms with Gasteiger partial charge in [-0.1, -0.05) is 30.3 Å².